The van der Waals surface area contributed by atoms with Gasteiger partial charge in [-0.05, 0) is 37.0 Å². The van der Waals surface area contributed by atoms with Gasteiger partial charge >= 0.3 is 0 Å². The molecule has 0 saturated heterocycles. The first-order valence-corrected chi connectivity index (χ1v) is 6.26. The molecule has 0 aromatic heterocycles. The average molecular weight is 182 g/mol. The molecule has 0 amide bonds. The Bertz CT molecular complexity index is 133. The zero-order chi connectivity index (χ0) is 9.73. The minimum absolute atomic E-state index is 0.821. The van der Waals surface area contributed by atoms with Gasteiger partial charge in [-0.3, -0.25) is 0 Å². The molecule has 0 nitrogen and oxygen atoms in total. The molecule has 1 atom stereocenters. The van der Waals surface area contributed by atoms with Crippen molar-refractivity contribution in [3.05, 3.63) is 0 Å². The first-order chi connectivity index (χ1) is 6.26. The van der Waals surface area contributed by atoms with Gasteiger partial charge in [-0.2, -0.15) is 0 Å². The molecule has 0 N–H and O–H groups in total. The molecule has 0 heterocycles. The fraction of sp³-hybridized carbons (Fsp3) is 1.00. The summed E-state index contributed by atoms with van der Waals surface area (Å²) in [6.45, 7) is 7.04. The van der Waals surface area contributed by atoms with E-state index in [1.165, 1.54) is 51.4 Å². The average Bonchev–Trinajstić information content (AvgIpc) is 2.93. The predicted molar refractivity (Wildman–Crippen MR) is 59.9 cm³/mol. The lowest BCUT2D eigenvalue weighted by atomic mass is 9.88. The van der Waals surface area contributed by atoms with Crippen molar-refractivity contribution in [1.29, 1.82) is 0 Å². The van der Waals surface area contributed by atoms with E-state index in [0.29, 0.717) is 0 Å². The highest BCUT2D eigenvalue weighted by atomic mass is 14.4. The van der Waals surface area contributed by atoms with Crippen molar-refractivity contribution in [2.45, 2.75) is 72.1 Å². The minimum Gasteiger partial charge on any atom is -0.0654 e. The Kier molecular flexibility index (Phi) is 4.28. The van der Waals surface area contributed by atoms with Crippen LogP contribution in [0.1, 0.15) is 72.1 Å². The minimum atomic E-state index is 0.821. The molecule has 0 aromatic rings. The van der Waals surface area contributed by atoms with E-state index in [1.807, 2.05) is 0 Å². The lowest BCUT2D eigenvalue weighted by Gasteiger charge is -2.18. The summed E-state index contributed by atoms with van der Waals surface area (Å²) in [6.07, 6.45) is 11.7. The topological polar surface area (TPSA) is 0 Å². The van der Waals surface area contributed by atoms with Gasteiger partial charge in [0.25, 0.3) is 0 Å². The van der Waals surface area contributed by atoms with E-state index >= 15 is 0 Å². The van der Waals surface area contributed by atoms with Crippen LogP contribution in [-0.4, -0.2) is 0 Å². The molecule has 0 heteroatoms. The van der Waals surface area contributed by atoms with Gasteiger partial charge in [-0.15, -0.1) is 0 Å². The summed E-state index contributed by atoms with van der Waals surface area (Å²) in [5, 5.41) is 0. The van der Waals surface area contributed by atoms with Crippen LogP contribution >= 0.6 is 0 Å². The Balaban J connectivity index is 2.15. The van der Waals surface area contributed by atoms with Gasteiger partial charge in [0.2, 0.25) is 0 Å². The maximum absolute atomic E-state index is 2.37. The van der Waals surface area contributed by atoms with E-state index in [-0.39, 0.29) is 0 Å². The van der Waals surface area contributed by atoms with Gasteiger partial charge in [0.1, 0.15) is 0 Å². The normalized spacial score (nSPS) is 21.5. The van der Waals surface area contributed by atoms with Crippen molar-refractivity contribution in [2.75, 3.05) is 0 Å². The van der Waals surface area contributed by atoms with E-state index in [9.17, 15) is 0 Å². The van der Waals surface area contributed by atoms with Crippen molar-refractivity contribution in [3.8, 4) is 0 Å². The molecule has 1 aliphatic rings. The standard InChI is InChI=1S/C13H26/c1-4-7-12(5-2)8-9-13(6-3)10-11-13/h12H,4-11H2,1-3H3. The Hall–Kier alpha value is 0. The predicted octanol–water partition coefficient (Wildman–Crippen LogP) is 4.78. The number of hydrogen-bond acceptors (Lipinski definition) is 0. The summed E-state index contributed by atoms with van der Waals surface area (Å²) in [5.41, 5.74) is 0.821. The summed E-state index contributed by atoms with van der Waals surface area (Å²) < 4.78 is 0. The van der Waals surface area contributed by atoms with E-state index in [1.54, 1.807) is 0 Å². The molecule has 78 valence electrons. The maximum Gasteiger partial charge on any atom is -0.0300 e. The molecule has 0 spiro atoms. The molecule has 13 heavy (non-hydrogen) atoms. The molecule has 1 saturated carbocycles. The smallest absolute Gasteiger partial charge is 0.0300 e. The third-order valence-electron chi connectivity index (χ3n) is 4.06. The second kappa shape index (κ2) is 5.02. The fourth-order valence-electron chi connectivity index (χ4n) is 2.43. The lowest BCUT2D eigenvalue weighted by Crippen LogP contribution is -2.04. The Labute approximate surface area is 84.1 Å². The van der Waals surface area contributed by atoms with Gasteiger partial charge in [0, 0.05) is 0 Å². The molecule has 0 aromatic carbocycles. The van der Waals surface area contributed by atoms with Crippen molar-refractivity contribution >= 4 is 0 Å². The molecule has 1 fully saturated rings. The van der Waals surface area contributed by atoms with E-state index < -0.39 is 0 Å². The molecule has 1 unspecified atom stereocenters. The van der Waals surface area contributed by atoms with Gasteiger partial charge in [0.15, 0.2) is 0 Å². The van der Waals surface area contributed by atoms with Crippen molar-refractivity contribution in [3.63, 3.8) is 0 Å². The van der Waals surface area contributed by atoms with Crippen LogP contribution in [0.2, 0.25) is 0 Å². The van der Waals surface area contributed by atoms with Gasteiger partial charge in [-0.1, -0.05) is 46.5 Å². The van der Waals surface area contributed by atoms with Gasteiger partial charge in [0.05, 0.1) is 0 Å². The summed E-state index contributed by atoms with van der Waals surface area (Å²) >= 11 is 0. The summed E-state index contributed by atoms with van der Waals surface area (Å²) in [4.78, 5) is 0. The maximum atomic E-state index is 2.37. The van der Waals surface area contributed by atoms with Gasteiger partial charge in [-0.25, -0.2) is 0 Å². The summed E-state index contributed by atoms with van der Waals surface area (Å²) in [6, 6.07) is 0. The summed E-state index contributed by atoms with van der Waals surface area (Å²) in [7, 11) is 0. The van der Waals surface area contributed by atoms with Crippen LogP contribution in [-0.2, 0) is 0 Å². The highest BCUT2D eigenvalue weighted by Crippen LogP contribution is 2.53. The van der Waals surface area contributed by atoms with Crippen molar-refractivity contribution in [2.24, 2.45) is 11.3 Å². The van der Waals surface area contributed by atoms with Crippen LogP contribution in [0.5, 0.6) is 0 Å². The monoisotopic (exact) mass is 182 g/mol. The van der Waals surface area contributed by atoms with Crippen LogP contribution in [0.15, 0.2) is 0 Å². The van der Waals surface area contributed by atoms with Gasteiger partial charge < -0.3 is 0 Å². The second-order valence-electron chi connectivity index (χ2n) is 4.96. The fourth-order valence-corrected chi connectivity index (χ4v) is 2.43. The lowest BCUT2D eigenvalue weighted by molar-refractivity contribution is 0.346. The summed E-state index contributed by atoms with van der Waals surface area (Å²) in [5.74, 6) is 1.02. The van der Waals surface area contributed by atoms with Crippen LogP contribution in [0.25, 0.3) is 0 Å². The quantitative estimate of drug-likeness (QED) is 0.531. The van der Waals surface area contributed by atoms with Crippen LogP contribution in [0.3, 0.4) is 0 Å². The molecule has 0 radical (unpaired) electrons. The zero-order valence-corrected chi connectivity index (χ0v) is 9.73. The molecule has 0 bridgehead atoms. The third-order valence-corrected chi connectivity index (χ3v) is 4.06. The van der Waals surface area contributed by atoms with Crippen molar-refractivity contribution < 1.29 is 0 Å². The van der Waals surface area contributed by atoms with Crippen molar-refractivity contribution in [1.82, 2.24) is 0 Å². The number of hydrogen-bond donors (Lipinski definition) is 0. The highest BCUT2D eigenvalue weighted by Gasteiger charge is 2.39. The SMILES string of the molecule is CCCC(CC)CCC1(CC)CC1. The second-order valence-corrected chi connectivity index (χ2v) is 4.96. The molecule has 1 rings (SSSR count). The number of rotatable bonds is 7. The first-order valence-electron chi connectivity index (χ1n) is 6.26. The Morgan fingerprint density at radius 2 is 1.77 bits per heavy atom. The van der Waals surface area contributed by atoms with E-state index in [4.69, 9.17) is 0 Å². The molecule has 0 aliphatic heterocycles. The van der Waals surface area contributed by atoms with E-state index in [2.05, 4.69) is 20.8 Å². The third kappa shape index (κ3) is 3.32. The van der Waals surface area contributed by atoms with Crippen LogP contribution in [0.4, 0.5) is 0 Å². The molecule has 1 aliphatic carbocycles. The highest BCUT2D eigenvalue weighted by molar-refractivity contribution is 4.91. The Morgan fingerprint density at radius 1 is 1.08 bits per heavy atom. The zero-order valence-electron chi connectivity index (χ0n) is 9.73. The van der Waals surface area contributed by atoms with Crippen LogP contribution < -0.4 is 0 Å². The largest absolute Gasteiger partial charge is 0.0654 e. The van der Waals surface area contributed by atoms with Crippen LogP contribution in [0, 0.1) is 11.3 Å². The molecular formula is C13H26. The first kappa shape index (κ1) is 11.1. The molecular weight excluding hydrogens is 156 g/mol. The van der Waals surface area contributed by atoms with E-state index in [0.717, 1.165) is 11.3 Å². The Morgan fingerprint density at radius 3 is 2.15 bits per heavy atom.